The van der Waals surface area contributed by atoms with E-state index in [1.54, 1.807) is 0 Å². The van der Waals surface area contributed by atoms with Gasteiger partial charge >= 0.3 is 0 Å². The Labute approximate surface area is 102 Å². The molecule has 4 heteroatoms. The lowest BCUT2D eigenvalue weighted by Crippen LogP contribution is -1.84. The summed E-state index contributed by atoms with van der Waals surface area (Å²) in [6.45, 7) is 20.4. The van der Waals surface area contributed by atoms with Crippen LogP contribution in [0.5, 0.6) is 0 Å². The molecule has 0 N–H and O–H groups in total. The first kappa shape index (κ1) is 23.8. The Bertz CT molecular complexity index is 43.4. The maximum atomic E-state index is 2.27. The average molecular weight is 247 g/mol. The highest BCUT2D eigenvalue weighted by Gasteiger charge is 1.72. The normalized spacial score (nSPS) is 8.31. The molecule has 6 radical (unpaired) electrons. The molecule has 0 aliphatic carbocycles. The summed E-state index contributed by atoms with van der Waals surface area (Å²) in [5, 5.41) is 0. The van der Waals surface area contributed by atoms with E-state index in [4.69, 9.17) is 0 Å². The maximum Gasteiger partial charge on any atom is 0.0379 e. The first-order valence-electron chi connectivity index (χ1n) is 4.50. The van der Waals surface area contributed by atoms with Crippen molar-refractivity contribution in [3.8, 4) is 0 Å². The van der Waals surface area contributed by atoms with Gasteiger partial charge in [-0.05, 0) is 0 Å². The van der Waals surface area contributed by atoms with Gasteiger partial charge in [0.1, 0.15) is 0 Å². The van der Waals surface area contributed by atoms with E-state index in [-0.39, 0.29) is 43.8 Å². The van der Waals surface area contributed by atoms with Gasteiger partial charge in [0.05, 0.1) is 0 Å². The molecule has 0 amide bonds. The minimum absolute atomic E-state index is 0. The van der Waals surface area contributed by atoms with E-state index in [1.807, 2.05) is 0 Å². The van der Waals surface area contributed by atoms with Crippen LogP contribution in [0.25, 0.3) is 0 Å². The van der Waals surface area contributed by atoms with Crippen molar-refractivity contribution in [2.24, 2.45) is 0 Å². The largest absolute Gasteiger partial charge is 0.0715 e. The maximum absolute atomic E-state index is 2.27. The van der Waals surface area contributed by atoms with E-state index in [9.17, 15) is 0 Å². The Hall–Kier alpha value is 1.18. The molecular weight excluding hydrogens is 219 g/mol. The fourth-order valence-electron chi connectivity index (χ4n) is 0. The van der Waals surface area contributed by atoms with Gasteiger partial charge in [0.25, 0.3) is 0 Å². The molecule has 0 spiro atoms. The van der Waals surface area contributed by atoms with Crippen LogP contribution in [0.3, 0.4) is 0 Å². The number of hydrogen-bond donors (Lipinski definition) is 0. The Morgan fingerprint density at radius 3 is 0.385 bits per heavy atom. The van der Waals surface area contributed by atoms with Crippen molar-refractivity contribution >= 4 is 43.8 Å². The van der Waals surface area contributed by atoms with Crippen molar-refractivity contribution in [3.05, 3.63) is 0 Å². The van der Waals surface area contributed by atoms with Gasteiger partial charge in [0, 0.05) is 43.8 Å². The minimum Gasteiger partial charge on any atom is -0.0715 e. The Morgan fingerprint density at radius 1 is 0.385 bits per heavy atom. The second-order valence-electron chi connectivity index (χ2n) is 4.50. The number of hydrogen-bond acceptors (Lipinski definition) is 0. The molecule has 0 nitrogen and oxygen atoms in total. The van der Waals surface area contributed by atoms with Crippen LogP contribution in [0, 0.1) is 0 Å². The van der Waals surface area contributed by atoms with Crippen molar-refractivity contribution in [1.82, 2.24) is 0 Å². The van der Waals surface area contributed by atoms with E-state index in [1.165, 1.54) is 0 Å². The Balaban J connectivity index is -0.0000000450. The quantitative estimate of drug-likeness (QED) is 0.571. The highest BCUT2D eigenvalue weighted by atomic mass is 28.3. The molecule has 0 aliphatic heterocycles. The fourth-order valence-corrected chi connectivity index (χ4v) is 0. The van der Waals surface area contributed by atoms with Crippen LogP contribution < -0.4 is 0 Å². The Morgan fingerprint density at radius 2 is 0.385 bits per heavy atom. The second-order valence-corrected chi connectivity index (χ2v) is 13.5. The predicted octanol–water partition coefficient (Wildman–Crippen LogP) is 3.73. The van der Waals surface area contributed by atoms with Gasteiger partial charge in [-0.1, -0.05) is 58.9 Å². The van der Waals surface area contributed by atoms with Gasteiger partial charge in [-0.2, -0.15) is 0 Å². The molecule has 0 atom stereocenters. The van der Waals surface area contributed by atoms with E-state index in [2.05, 4.69) is 58.9 Å². The lowest BCUT2D eigenvalue weighted by molar-refractivity contribution is 1.91. The fraction of sp³-hybridized carbons (Fsp3) is 1.00. The number of rotatable bonds is 0. The van der Waals surface area contributed by atoms with Crippen LogP contribution in [0.2, 0.25) is 58.9 Å². The summed E-state index contributed by atoms with van der Waals surface area (Å²) in [6.07, 6.45) is 0. The van der Waals surface area contributed by atoms with E-state index < -0.39 is 0 Å². The van der Waals surface area contributed by atoms with E-state index in [0.29, 0.717) is 0 Å². The van der Waals surface area contributed by atoms with Crippen LogP contribution in [0.1, 0.15) is 0 Å². The van der Waals surface area contributed by atoms with Gasteiger partial charge in [0.2, 0.25) is 0 Å². The van der Waals surface area contributed by atoms with Crippen LogP contribution in [-0.4, -0.2) is 43.8 Å². The van der Waals surface area contributed by atoms with Crippen LogP contribution >= 0.6 is 0 Å². The third-order valence-electron chi connectivity index (χ3n) is 0. The zero-order chi connectivity index (χ0) is 10.7. The summed E-state index contributed by atoms with van der Waals surface area (Å²) >= 11 is 0. The topological polar surface area (TPSA) is 0 Å². The molecule has 78 valence electrons. The zero-order valence-corrected chi connectivity index (χ0v) is 15.2. The zero-order valence-electron chi connectivity index (χ0n) is 11.1. The molecule has 0 unspecified atom stereocenters. The van der Waals surface area contributed by atoms with Crippen molar-refractivity contribution in [1.29, 1.82) is 0 Å². The average Bonchev–Trinajstić information content (AvgIpc) is 1.54. The molecule has 0 aromatic rings. The van der Waals surface area contributed by atoms with Crippen LogP contribution in [0.15, 0.2) is 0 Å². The minimum atomic E-state index is 0. The highest BCUT2D eigenvalue weighted by molar-refractivity contribution is 6.54. The van der Waals surface area contributed by atoms with Crippen molar-refractivity contribution in [2.45, 2.75) is 58.9 Å². The van der Waals surface area contributed by atoms with Crippen molar-refractivity contribution < 1.29 is 0 Å². The third-order valence-corrected chi connectivity index (χ3v) is 0. The predicted molar refractivity (Wildman–Crippen MR) is 75.8 cm³/mol. The first-order valence-corrected chi connectivity index (χ1v) is 13.5. The molecule has 0 rings (SSSR count). The van der Waals surface area contributed by atoms with Crippen LogP contribution in [0.4, 0.5) is 0 Å². The Kier molecular flexibility index (Phi) is 34.5. The van der Waals surface area contributed by atoms with Gasteiger partial charge in [-0.3, -0.25) is 0 Å². The summed E-state index contributed by atoms with van der Waals surface area (Å²) < 4.78 is 0. The molecule has 0 heterocycles. The van der Waals surface area contributed by atoms with E-state index in [0.717, 1.165) is 0 Å². The summed E-state index contributed by atoms with van der Waals surface area (Å²) in [5.41, 5.74) is 0. The standard InChI is InChI=1S/3C3H9Si.Al/c3*1-4(2)3;/h3*1-3H3;. The van der Waals surface area contributed by atoms with Crippen molar-refractivity contribution in [2.75, 3.05) is 0 Å². The lowest BCUT2D eigenvalue weighted by atomic mass is 11.8. The molecule has 0 saturated heterocycles. The molecule has 0 bridgehead atoms. The molecule has 0 saturated carbocycles. The molecule has 0 fully saturated rings. The SMILES string of the molecule is C[Si](C)C.C[Si](C)C.C[Si](C)C.[Al]. The third kappa shape index (κ3) is 1180. The van der Waals surface area contributed by atoms with Gasteiger partial charge < -0.3 is 0 Å². The highest BCUT2D eigenvalue weighted by Crippen LogP contribution is 1.68. The molecule has 0 aromatic heterocycles. The molecular formula is C9H27AlSi3. The summed E-state index contributed by atoms with van der Waals surface area (Å²) in [4.78, 5) is 0. The molecule has 0 aliphatic rings. The molecule has 13 heavy (non-hydrogen) atoms. The van der Waals surface area contributed by atoms with Crippen molar-refractivity contribution in [3.63, 3.8) is 0 Å². The van der Waals surface area contributed by atoms with Gasteiger partial charge in [-0.15, -0.1) is 0 Å². The summed E-state index contributed by atoms with van der Waals surface area (Å²) in [6, 6.07) is 0. The van der Waals surface area contributed by atoms with Crippen LogP contribution in [-0.2, 0) is 0 Å². The second kappa shape index (κ2) is 18.9. The smallest absolute Gasteiger partial charge is 0.0379 e. The van der Waals surface area contributed by atoms with Gasteiger partial charge in [-0.25, -0.2) is 0 Å². The summed E-state index contributed by atoms with van der Waals surface area (Å²) in [7, 11) is 0.361. The first-order chi connectivity index (χ1) is 5.20. The monoisotopic (exact) mass is 246 g/mol. The lowest BCUT2D eigenvalue weighted by Gasteiger charge is -1.75. The summed E-state index contributed by atoms with van der Waals surface area (Å²) in [5.74, 6) is 0. The van der Waals surface area contributed by atoms with Gasteiger partial charge in [0.15, 0.2) is 0 Å². The molecule has 0 aromatic carbocycles. The van der Waals surface area contributed by atoms with E-state index >= 15 is 0 Å².